The predicted molar refractivity (Wildman–Crippen MR) is 82.2 cm³/mol. The van der Waals surface area contributed by atoms with Crippen LogP contribution in [0.15, 0.2) is 23.2 Å². The summed E-state index contributed by atoms with van der Waals surface area (Å²) in [6, 6.07) is 3.51. The molecule has 0 aliphatic carbocycles. The van der Waals surface area contributed by atoms with Gasteiger partial charge in [-0.3, -0.25) is 9.88 Å². The van der Waals surface area contributed by atoms with E-state index in [1.807, 2.05) is 0 Å². The van der Waals surface area contributed by atoms with Crippen molar-refractivity contribution in [1.29, 1.82) is 0 Å². The zero-order chi connectivity index (χ0) is 15.5. The molecule has 1 atom stereocenters. The van der Waals surface area contributed by atoms with E-state index in [0.29, 0.717) is 18.3 Å². The third-order valence-corrected chi connectivity index (χ3v) is 6.00. The quantitative estimate of drug-likeness (QED) is 0.834. The number of hydrogen-bond donors (Lipinski definition) is 1. The van der Waals surface area contributed by atoms with Gasteiger partial charge in [-0.2, -0.15) is 4.31 Å². The Morgan fingerprint density at radius 1 is 1.52 bits per heavy atom. The van der Waals surface area contributed by atoms with Gasteiger partial charge in [0.1, 0.15) is 4.90 Å². The van der Waals surface area contributed by atoms with Crippen molar-refractivity contribution in [3.8, 4) is 0 Å². The molecule has 2 N–H and O–H groups in total. The van der Waals surface area contributed by atoms with E-state index in [4.69, 9.17) is 5.73 Å². The molecule has 0 spiro atoms. The van der Waals surface area contributed by atoms with Crippen molar-refractivity contribution >= 4 is 10.0 Å². The van der Waals surface area contributed by atoms with E-state index >= 15 is 0 Å². The molecule has 0 bridgehead atoms. The fraction of sp³-hybridized carbons (Fsp3) is 0.643. The van der Waals surface area contributed by atoms with Crippen molar-refractivity contribution in [2.24, 2.45) is 5.73 Å². The monoisotopic (exact) mass is 312 g/mol. The summed E-state index contributed by atoms with van der Waals surface area (Å²) >= 11 is 0. The van der Waals surface area contributed by atoms with Gasteiger partial charge >= 0.3 is 0 Å². The van der Waals surface area contributed by atoms with Crippen molar-refractivity contribution in [2.75, 3.05) is 26.7 Å². The van der Waals surface area contributed by atoms with E-state index in [1.54, 1.807) is 25.4 Å². The summed E-state index contributed by atoms with van der Waals surface area (Å²) in [5.74, 6) is 0. The molecule has 1 saturated heterocycles. The van der Waals surface area contributed by atoms with Crippen LogP contribution in [0.5, 0.6) is 0 Å². The molecule has 1 fully saturated rings. The van der Waals surface area contributed by atoms with Gasteiger partial charge < -0.3 is 5.73 Å². The van der Waals surface area contributed by atoms with Crippen LogP contribution in [0.25, 0.3) is 0 Å². The van der Waals surface area contributed by atoms with Gasteiger partial charge in [0.05, 0.1) is 5.69 Å². The molecule has 6 nitrogen and oxygen atoms in total. The molecular weight excluding hydrogens is 288 g/mol. The fourth-order valence-electron chi connectivity index (χ4n) is 2.89. The zero-order valence-electron chi connectivity index (χ0n) is 12.7. The number of rotatable bonds is 6. The van der Waals surface area contributed by atoms with Crippen molar-refractivity contribution in [1.82, 2.24) is 14.2 Å². The van der Waals surface area contributed by atoms with Crippen molar-refractivity contribution < 1.29 is 8.42 Å². The highest BCUT2D eigenvalue weighted by molar-refractivity contribution is 7.89. The standard InChI is InChI=1S/C14H24N4O2S/c1-3-18-9-5-6-12(18)11-17(2)21(19,20)14-7-4-8-16-13(14)10-15/h4,7-8,12H,3,5-6,9-11,15H2,1-2H3. The molecule has 21 heavy (non-hydrogen) atoms. The summed E-state index contributed by atoms with van der Waals surface area (Å²) in [6.45, 7) is 4.75. The lowest BCUT2D eigenvalue weighted by atomic mass is 10.2. The Labute approximate surface area is 127 Å². The van der Waals surface area contributed by atoms with Crippen LogP contribution in [0, 0.1) is 0 Å². The molecule has 1 aromatic heterocycles. The molecule has 1 unspecified atom stereocenters. The highest BCUT2D eigenvalue weighted by atomic mass is 32.2. The second-order valence-corrected chi connectivity index (χ2v) is 7.38. The Morgan fingerprint density at radius 2 is 2.29 bits per heavy atom. The number of nitrogens with two attached hydrogens (primary N) is 1. The third kappa shape index (κ3) is 3.42. The van der Waals surface area contributed by atoms with Gasteiger partial charge in [0.25, 0.3) is 0 Å². The first-order chi connectivity index (χ1) is 10.0. The molecule has 1 aliphatic heterocycles. The Kier molecular flexibility index (Phi) is 5.32. The zero-order valence-corrected chi connectivity index (χ0v) is 13.5. The van der Waals surface area contributed by atoms with Crippen LogP contribution in [-0.4, -0.2) is 55.3 Å². The Bertz CT molecular complexity index is 576. The van der Waals surface area contributed by atoms with Gasteiger partial charge in [0.15, 0.2) is 0 Å². The lowest BCUT2D eigenvalue weighted by Crippen LogP contribution is -2.41. The van der Waals surface area contributed by atoms with Crippen molar-refractivity contribution in [2.45, 2.75) is 37.2 Å². The number of likely N-dealkylation sites (N-methyl/N-ethyl adjacent to an activating group) is 2. The highest BCUT2D eigenvalue weighted by Crippen LogP contribution is 2.22. The van der Waals surface area contributed by atoms with Gasteiger partial charge in [0.2, 0.25) is 10.0 Å². The van der Waals surface area contributed by atoms with Gasteiger partial charge in [0, 0.05) is 32.4 Å². The van der Waals surface area contributed by atoms with Crippen LogP contribution in [0.3, 0.4) is 0 Å². The second kappa shape index (κ2) is 6.83. The van der Waals surface area contributed by atoms with E-state index in [1.165, 1.54) is 4.31 Å². The van der Waals surface area contributed by atoms with Crippen LogP contribution >= 0.6 is 0 Å². The average molecular weight is 312 g/mol. The Morgan fingerprint density at radius 3 is 2.95 bits per heavy atom. The molecule has 2 heterocycles. The molecule has 2 rings (SSSR count). The maximum absolute atomic E-state index is 12.7. The molecule has 0 radical (unpaired) electrons. The molecule has 0 saturated carbocycles. The van der Waals surface area contributed by atoms with Gasteiger partial charge in [-0.1, -0.05) is 6.92 Å². The summed E-state index contributed by atoms with van der Waals surface area (Å²) in [4.78, 5) is 6.62. The fourth-order valence-corrected chi connectivity index (χ4v) is 4.28. The lowest BCUT2D eigenvalue weighted by molar-refractivity contribution is 0.237. The molecule has 7 heteroatoms. The summed E-state index contributed by atoms with van der Waals surface area (Å²) in [6.07, 6.45) is 3.74. The molecule has 1 aromatic rings. The number of likely N-dealkylation sites (tertiary alicyclic amines) is 1. The first-order valence-electron chi connectivity index (χ1n) is 7.35. The minimum absolute atomic E-state index is 0.119. The average Bonchev–Trinajstić information content (AvgIpc) is 2.94. The van der Waals surface area contributed by atoms with Gasteiger partial charge in [-0.25, -0.2) is 8.42 Å². The number of pyridine rings is 1. The molecule has 0 amide bonds. The number of aromatic nitrogens is 1. The van der Waals surface area contributed by atoms with E-state index in [2.05, 4.69) is 16.8 Å². The van der Waals surface area contributed by atoms with Crippen LogP contribution < -0.4 is 5.73 Å². The second-order valence-electron chi connectivity index (χ2n) is 5.36. The van der Waals surface area contributed by atoms with E-state index in [0.717, 1.165) is 25.9 Å². The lowest BCUT2D eigenvalue weighted by Gasteiger charge is -2.27. The summed E-state index contributed by atoms with van der Waals surface area (Å²) in [5, 5.41) is 0. The number of nitrogens with zero attached hydrogens (tertiary/aromatic N) is 3. The van der Waals surface area contributed by atoms with Crippen LogP contribution in [0.1, 0.15) is 25.5 Å². The van der Waals surface area contributed by atoms with E-state index in [9.17, 15) is 8.42 Å². The maximum atomic E-state index is 12.7. The summed E-state index contributed by atoms with van der Waals surface area (Å²) in [5.41, 5.74) is 6.02. The first-order valence-corrected chi connectivity index (χ1v) is 8.79. The van der Waals surface area contributed by atoms with Crippen LogP contribution in [-0.2, 0) is 16.6 Å². The Balaban J connectivity index is 2.19. The van der Waals surface area contributed by atoms with Crippen molar-refractivity contribution in [3.63, 3.8) is 0 Å². The van der Waals surface area contributed by atoms with Crippen LogP contribution in [0.4, 0.5) is 0 Å². The number of hydrogen-bond acceptors (Lipinski definition) is 5. The predicted octanol–water partition coefficient (Wildman–Crippen LogP) is 0.645. The summed E-state index contributed by atoms with van der Waals surface area (Å²) in [7, 11) is -1.90. The largest absolute Gasteiger partial charge is 0.325 e. The maximum Gasteiger partial charge on any atom is 0.244 e. The molecule has 1 aliphatic rings. The third-order valence-electron chi connectivity index (χ3n) is 4.10. The normalized spacial score (nSPS) is 20.3. The molecule has 118 valence electrons. The smallest absolute Gasteiger partial charge is 0.244 e. The van der Waals surface area contributed by atoms with Crippen molar-refractivity contribution in [3.05, 3.63) is 24.0 Å². The van der Waals surface area contributed by atoms with E-state index < -0.39 is 10.0 Å². The van der Waals surface area contributed by atoms with Crippen LogP contribution in [0.2, 0.25) is 0 Å². The first kappa shape index (κ1) is 16.4. The summed E-state index contributed by atoms with van der Waals surface area (Å²) < 4.78 is 26.8. The van der Waals surface area contributed by atoms with Gasteiger partial charge in [-0.15, -0.1) is 0 Å². The van der Waals surface area contributed by atoms with Gasteiger partial charge in [-0.05, 0) is 38.1 Å². The highest BCUT2D eigenvalue weighted by Gasteiger charge is 2.30. The molecular formula is C14H24N4O2S. The minimum Gasteiger partial charge on any atom is -0.325 e. The Hall–Kier alpha value is -1.02. The van der Waals surface area contributed by atoms with E-state index in [-0.39, 0.29) is 11.4 Å². The molecule has 0 aromatic carbocycles. The minimum atomic E-state index is -3.54. The SMILES string of the molecule is CCN1CCCC1CN(C)S(=O)(=O)c1cccnc1CN. The number of sulfonamides is 1. The topological polar surface area (TPSA) is 79.5 Å².